The third-order valence-electron chi connectivity index (χ3n) is 25.9. The van der Waals surface area contributed by atoms with Gasteiger partial charge < -0.3 is 29.5 Å². The fourth-order valence-electron chi connectivity index (χ4n) is 19.1. The molecule has 114 heavy (non-hydrogen) atoms. The number of sulfonamides is 2. The van der Waals surface area contributed by atoms with Gasteiger partial charge in [-0.05, 0) is 185 Å². The number of nitrogens with one attached hydrogen (secondary N) is 6. The lowest BCUT2D eigenvalue weighted by atomic mass is 9.71. The van der Waals surface area contributed by atoms with Crippen molar-refractivity contribution >= 4 is 172 Å². The molecular weight excluding hydrogens is 1590 g/mol. The van der Waals surface area contributed by atoms with E-state index in [-0.39, 0.29) is 28.5 Å². The third-order valence-corrected chi connectivity index (χ3v) is 29.5. The smallest absolute Gasteiger partial charge is 0.326 e. The Morgan fingerprint density at radius 3 is 1.17 bits per heavy atom. The van der Waals surface area contributed by atoms with E-state index in [1.807, 2.05) is 113 Å². The minimum Gasteiger partial charge on any atom is -0.371 e. The molecule has 3 spiro atoms. The monoisotopic (exact) mass is 1680 g/mol. The molecule has 0 atom stereocenters. The van der Waals surface area contributed by atoms with Gasteiger partial charge in [0.15, 0.2) is 0 Å². The third kappa shape index (κ3) is 17.2. The molecule has 8 fully saturated rings. The van der Waals surface area contributed by atoms with Crippen LogP contribution in [0.15, 0.2) is 121 Å². The Morgan fingerprint density at radius 2 is 0.763 bits per heavy atom. The van der Waals surface area contributed by atoms with E-state index in [4.69, 9.17) is 58.0 Å². The van der Waals surface area contributed by atoms with Crippen molar-refractivity contribution in [2.75, 3.05) is 124 Å². The fraction of sp³-hybridized carbons (Fsp3) is 0.476. The van der Waals surface area contributed by atoms with Crippen LogP contribution in [-0.2, 0) is 24.8 Å². The van der Waals surface area contributed by atoms with Crippen LogP contribution >= 0.6 is 58.0 Å². The molecule has 7 saturated heterocycles. The van der Waals surface area contributed by atoms with Gasteiger partial charge in [-0.1, -0.05) is 89.4 Å². The fourth-order valence-corrected chi connectivity index (χ4v) is 22.1. The Hall–Kier alpha value is -8.12. The number of aromatic nitrogens is 12. The quantitative estimate of drug-likeness (QED) is 0.0824. The van der Waals surface area contributed by atoms with Crippen molar-refractivity contribution in [2.24, 2.45) is 16.2 Å². The zero-order chi connectivity index (χ0) is 79.3. The van der Waals surface area contributed by atoms with Crippen LogP contribution in [0.2, 0.25) is 25.1 Å². The SMILES string of the molecule is CC(=O)N1CCC2(CC1)CCN(c1cc(Cl)cc3[nH]ncc13)CC2.CS(=O)(=O)N1CC2(CCN(c3cc(Cl)cc4[nH]ncc34)CC2)C1.CS(=O)(=O)N1CCC2(CCN(c3cc(Cl)cc4[nH]ncc34)CC2)CC1.Clc1cc(C2CCCCC2)c2cn[nH]c2c1.O=c1[nH]c2ccccc2n1C1CCN(c2cc(Cl)cc3[nH]ncc23)CC1. The highest BCUT2D eigenvalue weighted by atomic mass is 35.5. The number of halogens is 5. The Labute approximate surface area is 688 Å². The number of carbonyl (C=O) groups is 1. The first kappa shape index (κ1) is 79.7. The van der Waals surface area contributed by atoms with Crippen LogP contribution in [0.25, 0.3) is 65.5 Å². The van der Waals surface area contributed by atoms with Gasteiger partial charge in [-0.25, -0.2) is 30.2 Å². The molecule has 13 heterocycles. The van der Waals surface area contributed by atoms with Crippen LogP contribution in [0, 0.1) is 16.2 Å². The highest BCUT2D eigenvalue weighted by Crippen LogP contribution is 2.48. The average Bonchev–Trinajstić information content (AvgIpc) is 0.942. The largest absolute Gasteiger partial charge is 0.371 e. The van der Waals surface area contributed by atoms with Gasteiger partial charge in [-0.15, -0.1) is 0 Å². The number of rotatable bonds is 8. The summed E-state index contributed by atoms with van der Waals surface area (Å²) in [5.74, 6) is 0.885. The predicted octanol–water partition coefficient (Wildman–Crippen LogP) is 16.3. The molecule has 8 aliphatic rings. The molecule has 7 aliphatic heterocycles. The van der Waals surface area contributed by atoms with Crippen molar-refractivity contribution in [3.05, 3.63) is 157 Å². The van der Waals surface area contributed by atoms with Crippen LogP contribution in [-0.4, -0.2) is 201 Å². The number of H-pyrrole nitrogens is 6. The summed E-state index contributed by atoms with van der Waals surface area (Å²) in [5, 5.41) is 45.0. The molecular formula is C82H98Cl5N19O6S2. The Morgan fingerprint density at radius 1 is 0.412 bits per heavy atom. The number of imidazole rings is 1. The van der Waals surface area contributed by atoms with E-state index >= 15 is 0 Å². The second kappa shape index (κ2) is 33.1. The molecule has 604 valence electrons. The lowest BCUT2D eigenvalue weighted by Crippen LogP contribution is -2.61. The van der Waals surface area contributed by atoms with E-state index in [1.54, 1.807) is 15.5 Å². The highest BCUT2D eigenvalue weighted by molar-refractivity contribution is 7.88. The number of para-hydroxylation sites is 2. The van der Waals surface area contributed by atoms with Crippen LogP contribution in [0.3, 0.4) is 0 Å². The molecule has 1 aliphatic carbocycles. The Bertz CT molecular complexity index is 5730. The molecule has 1 amide bonds. The summed E-state index contributed by atoms with van der Waals surface area (Å²) in [5.41, 5.74) is 13.5. The van der Waals surface area contributed by atoms with Crippen molar-refractivity contribution in [1.29, 1.82) is 0 Å². The normalized spacial score (nSPS) is 19.7. The molecule has 0 bridgehead atoms. The van der Waals surface area contributed by atoms with Gasteiger partial charge >= 0.3 is 5.69 Å². The summed E-state index contributed by atoms with van der Waals surface area (Å²) in [6.07, 6.45) is 31.2. The number of fused-ring (bicyclic) bond motifs is 6. The maximum absolute atomic E-state index is 12.4. The molecule has 6 N–H and O–H groups in total. The Balaban J connectivity index is 0.000000108. The molecule has 20 rings (SSSR count). The van der Waals surface area contributed by atoms with Gasteiger partial charge in [0.05, 0.1) is 82.1 Å². The zero-order valence-corrected chi connectivity index (χ0v) is 69.9. The number of aromatic amines is 6. The molecule has 0 unspecified atom stereocenters. The van der Waals surface area contributed by atoms with Crippen molar-refractivity contribution in [2.45, 2.75) is 128 Å². The Kier molecular flexibility index (Phi) is 23.2. The van der Waals surface area contributed by atoms with Crippen molar-refractivity contribution in [3.63, 3.8) is 0 Å². The number of piperidine rings is 6. The van der Waals surface area contributed by atoms with E-state index in [0.717, 1.165) is 217 Å². The lowest BCUT2D eigenvalue weighted by molar-refractivity contribution is -0.131. The summed E-state index contributed by atoms with van der Waals surface area (Å²) in [4.78, 5) is 38.4. The summed E-state index contributed by atoms with van der Waals surface area (Å²) in [6, 6.07) is 27.8. The minimum absolute atomic E-state index is 0.0235. The summed E-state index contributed by atoms with van der Waals surface area (Å²) in [7, 11) is -6.10. The summed E-state index contributed by atoms with van der Waals surface area (Å²) >= 11 is 31.2. The average molecular weight is 1690 g/mol. The van der Waals surface area contributed by atoms with Crippen molar-refractivity contribution < 1.29 is 21.6 Å². The van der Waals surface area contributed by atoms with Crippen LogP contribution in [0.5, 0.6) is 0 Å². The number of nitrogens with zero attached hydrogens (tertiary/aromatic N) is 13. The second-order valence-corrected chi connectivity index (χ2v) is 39.0. The lowest BCUT2D eigenvalue weighted by Gasteiger charge is -2.53. The number of carbonyl (C=O) groups excluding carboxylic acids is 1. The van der Waals surface area contributed by atoms with E-state index in [0.29, 0.717) is 52.6 Å². The standard InChI is InChI=1S/C19H18ClN5O.C18H23ClN4O.C17H23ClN4O2S.C15H19ClN4O2S.C13H15ClN2/c20-12-9-16-14(11-21-23-16)18(10-12)24-7-5-13(6-8-24)25-17-4-2-1-3-15(17)22-19(25)26;1-13(24)22-6-2-18(3-7-22)4-8-23(9-5-18)17-11-14(19)10-16-15(17)12-20-21-16;1-25(23,24)22-8-4-17(5-9-22)2-6-21(7-3-17)16-11-13(18)10-15-14(16)12-19-20-15;1-23(21,22)20-9-15(10-20)2-4-19(5-3-15)14-7-11(16)6-13-12(14)8-17-18-13;14-10-6-11(9-4-2-1-3-5-9)12-8-15-16-13(12)7-10/h1-4,9-11,13H,5-8H2,(H,21,23)(H,22,26);10-12H,2-9H2,1H3,(H,20,21);10-12H,2-9H2,1H3,(H,19,20);6-8H,2-5,9-10H2,1H3,(H,17,18);6-9H,1-5H2,(H,15,16). The van der Waals surface area contributed by atoms with E-state index in [2.05, 4.69) is 87.7 Å². The van der Waals surface area contributed by atoms with Gasteiger partial charge in [-0.2, -0.15) is 25.5 Å². The molecule has 25 nitrogen and oxygen atoms in total. The number of benzene rings is 6. The molecule has 12 aromatic rings. The first-order valence-corrected chi connectivity index (χ1v) is 45.4. The maximum Gasteiger partial charge on any atom is 0.326 e. The molecule has 32 heteroatoms. The van der Waals surface area contributed by atoms with Crippen LogP contribution in [0.1, 0.15) is 134 Å². The predicted molar refractivity (Wildman–Crippen MR) is 460 cm³/mol. The maximum atomic E-state index is 12.4. The molecule has 0 radical (unpaired) electrons. The van der Waals surface area contributed by atoms with Gasteiger partial charge in [0.25, 0.3) is 0 Å². The summed E-state index contributed by atoms with van der Waals surface area (Å²) in [6.45, 7) is 13.7. The topological polar surface area (TPSA) is 289 Å². The van der Waals surface area contributed by atoms with E-state index in [1.165, 1.54) is 74.1 Å². The van der Waals surface area contributed by atoms with Gasteiger partial charge in [0.1, 0.15) is 0 Å². The van der Waals surface area contributed by atoms with Crippen LogP contribution < -0.4 is 25.3 Å². The molecule has 1 saturated carbocycles. The first-order valence-electron chi connectivity index (χ1n) is 39.8. The van der Waals surface area contributed by atoms with Crippen molar-refractivity contribution in [1.82, 2.24) is 74.0 Å². The van der Waals surface area contributed by atoms with Gasteiger partial charge in [0, 0.05) is 185 Å². The highest BCUT2D eigenvalue weighted by Gasteiger charge is 2.48. The number of hydrogen-bond donors (Lipinski definition) is 6. The number of anilines is 4. The van der Waals surface area contributed by atoms with E-state index in [9.17, 15) is 26.4 Å². The molecule has 6 aromatic carbocycles. The van der Waals surface area contributed by atoms with Gasteiger partial charge in [0.2, 0.25) is 26.0 Å². The second-order valence-electron chi connectivity index (χ2n) is 32.9. The zero-order valence-electron chi connectivity index (χ0n) is 64.5. The van der Waals surface area contributed by atoms with Gasteiger partial charge in [-0.3, -0.25) is 34.9 Å². The number of hydrogen-bond acceptors (Lipinski definition) is 15. The number of amides is 1. The van der Waals surface area contributed by atoms with Crippen molar-refractivity contribution in [3.8, 4) is 0 Å². The van der Waals surface area contributed by atoms with E-state index < -0.39 is 20.0 Å². The summed E-state index contributed by atoms with van der Waals surface area (Å²) < 4.78 is 51.7. The minimum atomic E-state index is -3.06. The van der Waals surface area contributed by atoms with Crippen LogP contribution in [0.4, 0.5) is 22.7 Å². The molecule has 6 aromatic heterocycles. The first-order chi connectivity index (χ1) is 54.8. The number of likely N-dealkylation sites (tertiary alicyclic amines) is 1.